The van der Waals surface area contributed by atoms with Crippen LogP contribution >= 0.6 is 0 Å². The zero-order valence-corrected chi connectivity index (χ0v) is 11.8. The van der Waals surface area contributed by atoms with Crippen LogP contribution in [0.15, 0.2) is 6.33 Å². The average Bonchev–Trinajstić information content (AvgIpc) is 2.77. The van der Waals surface area contributed by atoms with Crippen molar-refractivity contribution in [3.8, 4) is 0 Å². The van der Waals surface area contributed by atoms with Gasteiger partial charge >= 0.3 is 0 Å². The van der Waals surface area contributed by atoms with E-state index in [2.05, 4.69) is 54.6 Å². The van der Waals surface area contributed by atoms with Crippen molar-refractivity contribution in [3.05, 3.63) is 17.6 Å². The summed E-state index contributed by atoms with van der Waals surface area (Å²) in [5, 5.41) is 4.32. The van der Waals surface area contributed by atoms with E-state index in [4.69, 9.17) is 0 Å². The number of hydrogen-bond donors (Lipinski definition) is 0. The van der Waals surface area contributed by atoms with Crippen molar-refractivity contribution in [2.24, 2.45) is 0 Å². The van der Waals surface area contributed by atoms with Gasteiger partial charge in [-0.1, -0.05) is 13.8 Å². The highest BCUT2D eigenvalue weighted by molar-refractivity contribution is 5.55. The zero-order valence-electron chi connectivity index (χ0n) is 11.8. The highest BCUT2D eigenvalue weighted by Crippen LogP contribution is 2.29. The molecule has 2 rings (SSSR count). The summed E-state index contributed by atoms with van der Waals surface area (Å²) in [7, 11) is 0. The van der Waals surface area contributed by atoms with E-state index in [-0.39, 0.29) is 0 Å². The molecule has 0 spiro atoms. The van der Waals surface area contributed by atoms with Crippen molar-refractivity contribution in [2.75, 3.05) is 18.0 Å². The number of rotatable bonds is 4. The Kier molecular flexibility index (Phi) is 3.50. The zero-order chi connectivity index (χ0) is 13.3. The molecule has 0 saturated heterocycles. The van der Waals surface area contributed by atoms with Gasteiger partial charge in [-0.05, 0) is 26.7 Å². The van der Waals surface area contributed by atoms with Crippen molar-refractivity contribution in [2.45, 2.75) is 40.5 Å². The topological polar surface area (TPSA) is 46.3 Å². The van der Waals surface area contributed by atoms with Gasteiger partial charge in [0, 0.05) is 24.3 Å². The van der Waals surface area contributed by atoms with E-state index in [0.29, 0.717) is 11.7 Å². The van der Waals surface area contributed by atoms with Crippen molar-refractivity contribution in [1.82, 2.24) is 19.6 Å². The van der Waals surface area contributed by atoms with E-state index >= 15 is 0 Å². The first-order valence-electron chi connectivity index (χ1n) is 6.55. The Bertz CT molecular complexity index is 540. The molecular weight excluding hydrogens is 226 g/mol. The molecule has 0 atom stereocenters. The second-order valence-corrected chi connectivity index (χ2v) is 4.73. The monoisotopic (exact) mass is 247 g/mol. The van der Waals surface area contributed by atoms with Crippen LogP contribution in [0.25, 0.3) is 5.78 Å². The predicted molar refractivity (Wildman–Crippen MR) is 73.2 cm³/mol. The molecule has 0 radical (unpaired) electrons. The number of hydrogen-bond acceptors (Lipinski definition) is 4. The van der Waals surface area contributed by atoms with Gasteiger partial charge in [0.1, 0.15) is 12.1 Å². The Morgan fingerprint density at radius 3 is 2.50 bits per heavy atom. The number of aryl methyl sites for hydroxylation is 1. The number of nitrogens with zero attached hydrogens (tertiary/aromatic N) is 5. The molecule has 2 heterocycles. The molecule has 0 aliphatic rings. The Hall–Kier alpha value is -1.65. The van der Waals surface area contributed by atoms with Crippen LogP contribution in [0, 0.1) is 6.92 Å². The SMILES string of the molecule is CCN(CC)c1c(C(C)C)c(C)nc2ncnn12. The van der Waals surface area contributed by atoms with E-state index < -0.39 is 0 Å². The molecule has 0 aliphatic carbocycles. The van der Waals surface area contributed by atoms with Crippen LogP contribution in [0.3, 0.4) is 0 Å². The molecule has 0 unspecified atom stereocenters. The molecule has 5 nitrogen and oxygen atoms in total. The van der Waals surface area contributed by atoms with Gasteiger partial charge in [-0.15, -0.1) is 0 Å². The van der Waals surface area contributed by atoms with E-state index in [0.717, 1.165) is 24.6 Å². The van der Waals surface area contributed by atoms with Gasteiger partial charge in [0.15, 0.2) is 0 Å². The largest absolute Gasteiger partial charge is 0.357 e. The van der Waals surface area contributed by atoms with Crippen molar-refractivity contribution in [1.29, 1.82) is 0 Å². The standard InChI is InChI=1S/C13H21N5/c1-6-17(7-2)12-11(9(3)4)10(5)16-13-14-8-15-18(12)13/h8-9H,6-7H2,1-5H3. The Morgan fingerprint density at radius 2 is 1.94 bits per heavy atom. The van der Waals surface area contributed by atoms with Crippen LogP contribution in [-0.4, -0.2) is 32.7 Å². The third-order valence-electron chi connectivity index (χ3n) is 3.27. The molecule has 5 heteroatoms. The molecule has 18 heavy (non-hydrogen) atoms. The van der Waals surface area contributed by atoms with Gasteiger partial charge < -0.3 is 4.90 Å². The normalized spacial score (nSPS) is 11.4. The number of aromatic nitrogens is 4. The second-order valence-electron chi connectivity index (χ2n) is 4.73. The second kappa shape index (κ2) is 4.92. The van der Waals surface area contributed by atoms with E-state index in [1.807, 2.05) is 4.52 Å². The van der Waals surface area contributed by atoms with Crippen molar-refractivity contribution < 1.29 is 0 Å². The van der Waals surface area contributed by atoms with E-state index in [1.54, 1.807) is 6.33 Å². The summed E-state index contributed by atoms with van der Waals surface area (Å²) in [5.74, 6) is 2.23. The first-order chi connectivity index (χ1) is 8.60. The summed E-state index contributed by atoms with van der Waals surface area (Å²) in [6.07, 6.45) is 1.57. The smallest absolute Gasteiger partial charge is 0.254 e. The van der Waals surface area contributed by atoms with Crippen LogP contribution in [-0.2, 0) is 0 Å². The van der Waals surface area contributed by atoms with Crippen LogP contribution < -0.4 is 4.90 Å². The molecule has 2 aromatic rings. The van der Waals surface area contributed by atoms with Crippen molar-refractivity contribution >= 4 is 11.6 Å². The maximum Gasteiger partial charge on any atom is 0.254 e. The summed E-state index contributed by atoms with van der Waals surface area (Å²) in [4.78, 5) is 11.0. The first-order valence-corrected chi connectivity index (χ1v) is 6.55. The third-order valence-corrected chi connectivity index (χ3v) is 3.27. The van der Waals surface area contributed by atoms with Gasteiger partial charge in [0.25, 0.3) is 5.78 Å². The number of anilines is 1. The lowest BCUT2D eigenvalue weighted by Gasteiger charge is -2.26. The van der Waals surface area contributed by atoms with Gasteiger partial charge in [-0.3, -0.25) is 0 Å². The van der Waals surface area contributed by atoms with Gasteiger partial charge in [0.2, 0.25) is 0 Å². The highest BCUT2D eigenvalue weighted by atomic mass is 15.4. The summed E-state index contributed by atoms with van der Waals surface area (Å²) in [6, 6.07) is 0. The quantitative estimate of drug-likeness (QED) is 0.832. The molecule has 0 saturated carbocycles. The molecule has 0 bridgehead atoms. The fourth-order valence-corrected chi connectivity index (χ4v) is 2.45. The molecule has 0 fully saturated rings. The lowest BCUT2D eigenvalue weighted by molar-refractivity contribution is 0.748. The molecule has 0 aromatic carbocycles. The van der Waals surface area contributed by atoms with Crippen LogP contribution in [0.5, 0.6) is 0 Å². The Labute approximate surface area is 108 Å². The fraction of sp³-hybridized carbons (Fsp3) is 0.615. The van der Waals surface area contributed by atoms with Crippen LogP contribution in [0.2, 0.25) is 0 Å². The summed E-state index contributed by atoms with van der Waals surface area (Å²) in [5.41, 5.74) is 2.31. The minimum absolute atomic E-state index is 0.418. The lowest BCUT2D eigenvalue weighted by atomic mass is 10.0. The highest BCUT2D eigenvalue weighted by Gasteiger charge is 2.20. The molecule has 0 amide bonds. The van der Waals surface area contributed by atoms with Crippen molar-refractivity contribution in [3.63, 3.8) is 0 Å². The van der Waals surface area contributed by atoms with E-state index in [9.17, 15) is 0 Å². The van der Waals surface area contributed by atoms with Gasteiger partial charge in [-0.25, -0.2) is 4.98 Å². The number of fused-ring (bicyclic) bond motifs is 1. The first kappa shape index (κ1) is 12.8. The predicted octanol–water partition coefficient (Wildman–Crippen LogP) is 2.40. The average molecular weight is 247 g/mol. The third kappa shape index (κ3) is 1.94. The Balaban J connectivity index is 2.78. The summed E-state index contributed by atoms with van der Waals surface area (Å²) < 4.78 is 1.86. The van der Waals surface area contributed by atoms with E-state index in [1.165, 1.54) is 5.56 Å². The van der Waals surface area contributed by atoms with Gasteiger partial charge in [0.05, 0.1) is 0 Å². The molecule has 0 aliphatic heterocycles. The maximum atomic E-state index is 4.53. The molecule has 98 valence electrons. The fourth-order valence-electron chi connectivity index (χ4n) is 2.45. The molecular formula is C13H21N5. The molecule has 2 aromatic heterocycles. The maximum absolute atomic E-state index is 4.53. The minimum Gasteiger partial charge on any atom is -0.357 e. The minimum atomic E-state index is 0.418. The lowest BCUT2D eigenvalue weighted by Crippen LogP contribution is -2.27. The molecule has 0 N–H and O–H groups in total. The summed E-state index contributed by atoms with van der Waals surface area (Å²) >= 11 is 0. The van der Waals surface area contributed by atoms with Crippen LogP contribution in [0.1, 0.15) is 44.9 Å². The Morgan fingerprint density at radius 1 is 1.28 bits per heavy atom. The summed E-state index contributed by atoms with van der Waals surface area (Å²) in [6.45, 7) is 12.7. The van der Waals surface area contributed by atoms with Crippen LogP contribution in [0.4, 0.5) is 5.82 Å². The van der Waals surface area contributed by atoms with Gasteiger partial charge in [-0.2, -0.15) is 14.6 Å².